The maximum atomic E-state index is 15.6. The number of benzene rings is 5. The number of carbonyl (C=O) groups is 1. The molecule has 1 amide bonds. The minimum atomic E-state index is -0.921. The van der Waals surface area contributed by atoms with Crippen LogP contribution in [0.4, 0.5) is 5.69 Å². The van der Waals surface area contributed by atoms with E-state index in [9.17, 15) is 0 Å². The van der Waals surface area contributed by atoms with E-state index in [2.05, 4.69) is 132 Å². The number of para-hydroxylation sites is 3. The van der Waals surface area contributed by atoms with Crippen molar-refractivity contribution in [2.75, 3.05) is 4.90 Å². The van der Waals surface area contributed by atoms with Crippen molar-refractivity contribution in [1.82, 2.24) is 9.97 Å². The molecule has 7 aromatic rings. The summed E-state index contributed by atoms with van der Waals surface area (Å²) in [6.45, 7) is 2.74. The van der Waals surface area contributed by atoms with Crippen molar-refractivity contribution in [3.05, 3.63) is 173 Å². The van der Waals surface area contributed by atoms with Gasteiger partial charge in [0.15, 0.2) is 0 Å². The van der Waals surface area contributed by atoms with Crippen LogP contribution in [-0.4, -0.2) is 15.9 Å². The Balaban J connectivity index is 1.40. The van der Waals surface area contributed by atoms with Gasteiger partial charge in [0.2, 0.25) is 5.91 Å². The second kappa shape index (κ2) is 9.32. The standard InChI is InChI=1S/C40H31N3O/c1-25-28-18-8-11-21-31(28)41-37(25)34-35(27-16-6-3-7-17-27)40(36-29-19-9-12-22-32(29)42-38(34)36)30-20-10-13-23-33(30)43(39(40)44)24-26-14-4-2-5-15-26/h2-23,34-35,41-42H,24H2,1H3/t34-,35+,40+/m1/s1. The van der Waals surface area contributed by atoms with Crippen molar-refractivity contribution in [3.8, 4) is 0 Å². The highest BCUT2D eigenvalue weighted by Gasteiger charge is 2.65. The molecule has 9 rings (SSSR count). The minimum absolute atomic E-state index is 0.0964. The van der Waals surface area contributed by atoms with Crippen LogP contribution in [0.15, 0.2) is 133 Å². The first-order valence-corrected chi connectivity index (χ1v) is 15.4. The molecule has 0 saturated heterocycles. The van der Waals surface area contributed by atoms with E-state index in [1.54, 1.807) is 0 Å². The molecular weight excluding hydrogens is 538 g/mol. The molecule has 3 heterocycles. The van der Waals surface area contributed by atoms with Gasteiger partial charge in [0.05, 0.1) is 6.54 Å². The monoisotopic (exact) mass is 569 g/mol. The molecule has 2 N–H and O–H groups in total. The number of amides is 1. The summed E-state index contributed by atoms with van der Waals surface area (Å²) < 4.78 is 0. The quantitative estimate of drug-likeness (QED) is 0.219. The van der Waals surface area contributed by atoms with Gasteiger partial charge in [0.1, 0.15) is 5.41 Å². The minimum Gasteiger partial charge on any atom is -0.358 e. The van der Waals surface area contributed by atoms with Crippen LogP contribution < -0.4 is 4.90 Å². The Hall–Kier alpha value is -5.35. The van der Waals surface area contributed by atoms with E-state index in [1.165, 1.54) is 10.9 Å². The summed E-state index contributed by atoms with van der Waals surface area (Å²) in [5, 5.41) is 2.33. The van der Waals surface area contributed by atoms with E-state index < -0.39 is 5.41 Å². The average Bonchev–Trinajstić information content (AvgIpc) is 3.77. The van der Waals surface area contributed by atoms with Gasteiger partial charge in [0.25, 0.3) is 0 Å². The number of aryl methyl sites for hydroxylation is 1. The zero-order chi connectivity index (χ0) is 29.4. The van der Waals surface area contributed by atoms with Crippen LogP contribution in [0.5, 0.6) is 0 Å². The predicted molar refractivity (Wildman–Crippen MR) is 177 cm³/mol. The molecule has 3 atom stereocenters. The van der Waals surface area contributed by atoms with Gasteiger partial charge in [0, 0.05) is 56.3 Å². The lowest BCUT2D eigenvalue weighted by Gasteiger charge is -2.35. The lowest BCUT2D eigenvalue weighted by atomic mass is 9.65. The van der Waals surface area contributed by atoms with Gasteiger partial charge in [-0.15, -0.1) is 0 Å². The second-order valence-corrected chi connectivity index (χ2v) is 12.2. The molecule has 1 aliphatic carbocycles. The number of hydrogen-bond acceptors (Lipinski definition) is 1. The van der Waals surface area contributed by atoms with Gasteiger partial charge in [-0.25, -0.2) is 0 Å². The third-order valence-electron chi connectivity index (χ3n) is 10.1. The number of H-pyrrole nitrogens is 2. The Labute approximate surface area is 256 Å². The van der Waals surface area contributed by atoms with E-state index in [0.717, 1.165) is 55.7 Å². The first-order chi connectivity index (χ1) is 21.7. The van der Waals surface area contributed by atoms with Crippen LogP contribution in [-0.2, 0) is 16.8 Å². The van der Waals surface area contributed by atoms with Crippen LogP contribution in [0.2, 0.25) is 0 Å². The number of anilines is 1. The van der Waals surface area contributed by atoms with E-state index in [-0.39, 0.29) is 17.7 Å². The number of hydrogen-bond donors (Lipinski definition) is 2. The molecule has 2 aromatic heterocycles. The van der Waals surface area contributed by atoms with E-state index >= 15 is 4.79 Å². The molecule has 0 fully saturated rings. The molecule has 0 radical (unpaired) electrons. The fourth-order valence-corrected chi connectivity index (χ4v) is 8.37. The van der Waals surface area contributed by atoms with Crippen LogP contribution in [0, 0.1) is 6.92 Å². The number of nitrogens with one attached hydrogen (secondary N) is 2. The fraction of sp³-hybridized carbons (Fsp3) is 0.125. The molecule has 2 aliphatic rings. The second-order valence-electron chi connectivity index (χ2n) is 12.2. The highest BCUT2D eigenvalue weighted by atomic mass is 16.2. The van der Waals surface area contributed by atoms with Gasteiger partial charge in [-0.3, -0.25) is 4.79 Å². The van der Waals surface area contributed by atoms with E-state index in [0.29, 0.717) is 6.54 Å². The maximum absolute atomic E-state index is 15.6. The van der Waals surface area contributed by atoms with Gasteiger partial charge < -0.3 is 14.9 Å². The Bertz CT molecular complexity index is 2210. The summed E-state index contributed by atoms with van der Waals surface area (Å²) in [6.07, 6.45) is 0. The zero-order valence-electron chi connectivity index (χ0n) is 24.4. The van der Waals surface area contributed by atoms with Gasteiger partial charge in [-0.2, -0.15) is 0 Å². The number of aromatic amines is 2. The molecule has 4 heteroatoms. The number of fused-ring (bicyclic) bond motifs is 7. The van der Waals surface area contributed by atoms with Crippen LogP contribution in [0.1, 0.15) is 51.0 Å². The Morgan fingerprint density at radius 3 is 2.00 bits per heavy atom. The fourth-order valence-electron chi connectivity index (χ4n) is 8.37. The molecule has 0 unspecified atom stereocenters. The summed E-state index contributed by atoms with van der Waals surface area (Å²) in [6, 6.07) is 46.5. The smallest absolute Gasteiger partial charge is 0.243 e. The summed E-state index contributed by atoms with van der Waals surface area (Å²) in [5.74, 6) is -0.129. The Kier molecular flexibility index (Phi) is 5.33. The normalized spacial score (nSPS) is 20.6. The summed E-state index contributed by atoms with van der Waals surface area (Å²) in [5.41, 5.74) is 10.2. The largest absolute Gasteiger partial charge is 0.358 e. The van der Waals surface area contributed by atoms with Gasteiger partial charge in [-0.05, 0) is 47.4 Å². The molecule has 1 spiro atoms. The lowest BCUT2D eigenvalue weighted by molar-refractivity contribution is -0.122. The third kappa shape index (κ3) is 3.25. The van der Waals surface area contributed by atoms with Crippen LogP contribution in [0.3, 0.4) is 0 Å². The van der Waals surface area contributed by atoms with Gasteiger partial charge >= 0.3 is 0 Å². The summed E-state index contributed by atoms with van der Waals surface area (Å²) in [4.78, 5) is 25.4. The Morgan fingerprint density at radius 1 is 0.659 bits per heavy atom. The highest BCUT2D eigenvalue weighted by molar-refractivity contribution is 6.15. The topological polar surface area (TPSA) is 51.9 Å². The van der Waals surface area contributed by atoms with Crippen LogP contribution in [0.25, 0.3) is 21.8 Å². The summed E-state index contributed by atoms with van der Waals surface area (Å²) in [7, 11) is 0. The van der Waals surface area contributed by atoms with Crippen molar-refractivity contribution in [3.63, 3.8) is 0 Å². The van der Waals surface area contributed by atoms with Crippen molar-refractivity contribution in [2.45, 2.75) is 30.7 Å². The Morgan fingerprint density at radius 2 is 1.25 bits per heavy atom. The molecule has 5 aromatic carbocycles. The van der Waals surface area contributed by atoms with Gasteiger partial charge in [-0.1, -0.05) is 115 Å². The highest BCUT2D eigenvalue weighted by Crippen LogP contribution is 2.66. The molecule has 0 saturated carbocycles. The van der Waals surface area contributed by atoms with Crippen molar-refractivity contribution in [1.29, 1.82) is 0 Å². The third-order valence-corrected chi connectivity index (χ3v) is 10.1. The average molecular weight is 570 g/mol. The van der Waals surface area contributed by atoms with Crippen molar-refractivity contribution in [2.24, 2.45) is 0 Å². The van der Waals surface area contributed by atoms with Crippen molar-refractivity contribution >= 4 is 33.4 Å². The molecule has 1 aliphatic heterocycles. The first kappa shape index (κ1) is 25.2. The molecule has 0 bridgehead atoms. The van der Waals surface area contributed by atoms with Crippen molar-refractivity contribution < 1.29 is 4.79 Å². The summed E-state index contributed by atoms with van der Waals surface area (Å²) >= 11 is 0. The van der Waals surface area contributed by atoms with E-state index in [4.69, 9.17) is 0 Å². The predicted octanol–water partition coefficient (Wildman–Crippen LogP) is 8.72. The molecule has 212 valence electrons. The van der Waals surface area contributed by atoms with E-state index in [1.807, 2.05) is 23.1 Å². The zero-order valence-corrected chi connectivity index (χ0v) is 24.4. The number of aromatic nitrogens is 2. The maximum Gasteiger partial charge on any atom is 0.243 e. The molecule has 44 heavy (non-hydrogen) atoms. The number of carbonyl (C=O) groups excluding carboxylic acids is 1. The molecular formula is C40H31N3O. The lowest BCUT2D eigenvalue weighted by Crippen LogP contribution is -2.44. The number of nitrogens with zero attached hydrogens (tertiary/aromatic N) is 1. The molecule has 4 nitrogen and oxygen atoms in total. The number of rotatable bonds is 4. The van der Waals surface area contributed by atoms with Crippen LogP contribution >= 0.6 is 0 Å². The first-order valence-electron chi connectivity index (χ1n) is 15.4. The SMILES string of the molecule is Cc1c([C@@H]2c3[nH]c4ccccc4c3[C@@]3(C(=O)N(Cc4ccccc4)c4ccccc43)[C@H]2c2ccccc2)[nH]c2ccccc12.